The van der Waals surface area contributed by atoms with Gasteiger partial charge in [0.2, 0.25) is 0 Å². The zero-order chi connectivity index (χ0) is 10.6. The van der Waals surface area contributed by atoms with Crippen molar-refractivity contribution in [2.45, 2.75) is 39.3 Å². The molecule has 0 aliphatic carbocycles. The van der Waals surface area contributed by atoms with E-state index in [1.54, 1.807) is 20.0 Å². The summed E-state index contributed by atoms with van der Waals surface area (Å²) < 4.78 is 7.20. The van der Waals surface area contributed by atoms with Crippen molar-refractivity contribution in [1.82, 2.24) is 9.78 Å². The highest BCUT2D eigenvalue weighted by molar-refractivity contribution is 5.11. The highest BCUT2D eigenvalue weighted by atomic mass is 16.5. The van der Waals surface area contributed by atoms with Crippen LogP contribution in [-0.2, 0) is 6.54 Å². The molecule has 1 rings (SSSR count). The Hall–Kier alpha value is -1.03. The van der Waals surface area contributed by atoms with Crippen molar-refractivity contribution in [3.05, 3.63) is 12.4 Å². The van der Waals surface area contributed by atoms with E-state index in [-0.39, 0.29) is 6.61 Å². The number of aromatic nitrogens is 2. The van der Waals surface area contributed by atoms with Gasteiger partial charge in [0, 0.05) is 6.54 Å². The van der Waals surface area contributed by atoms with Crippen LogP contribution < -0.4 is 4.74 Å². The number of aliphatic hydroxyl groups is 1. The Balaban J connectivity index is 2.44. The fourth-order valence-corrected chi connectivity index (χ4v) is 1.03. The molecule has 1 N–H and O–H groups in total. The summed E-state index contributed by atoms with van der Waals surface area (Å²) in [5.74, 6) is 0.709. The predicted octanol–water partition coefficient (Wildman–Crippen LogP) is 1.44. The molecular weight excluding hydrogens is 180 g/mol. The van der Waals surface area contributed by atoms with Gasteiger partial charge in [-0.05, 0) is 20.3 Å². The molecule has 4 nitrogen and oxygen atoms in total. The maximum atomic E-state index is 9.44. The minimum atomic E-state index is -0.799. The van der Waals surface area contributed by atoms with Crippen molar-refractivity contribution in [2.24, 2.45) is 0 Å². The molecule has 4 heteroatoms. The average Bonchev–Trinajstić information content (AvgIpc) is 2.49. The molecule has 0 aliphatic rings. The van der Waals surface area contributed by atoms with Gasteiger partial charge in [0.05, 0.1) is 18.0 Å². The van der Waals surface area contributed by atoms with E-state index in [0.29, 0.717) is 5.75 Å². The van der Waals surface area contributed by atoms with Gasteiger partial charge in [-0.2, -0.15) is 5.10 Å². The summed E-state index contributed by atoms with van der Waals surface area (Å²) >= 11 is 0. The average molecular weight is 198 g/mol. The fourth-order valence-electron chi connectivity index (χ4n) is 1.03. The quantitative estimate of drug-likeness (QED) is 0.778. The molecule has 14 heavy (non-hydrogen) atoms. The van der Waals surface area contributed by atoms with E-state index in [0.717, 1.165) is 13.0 Å². The molecule has 0 radical (unpaired) electrons. The summed E-state index contributed by atoms with van der Waals surface area (Å²) in [6.07, 6.45) is 4.56. The van der Waals surface area contributed by atoms with Crippen molar-refractivity contribution in [3.8, 4) is 5.75 Å². The Kier molecular flexibility index (Phi) is 3.52. The van der Waals surface area contributed by atoms with Crippen molar-refractivity contribution < 1.29 is 9.84 Å². The van der Waals surface area contributed by atoms with Gasteiger partial charge in [-0.15, -0.1) is 0 Å². The Morgan fingerprint density at radius 3 is 2.86 bits per heavy atom. The molecule has 1 aromatic rings. The Morgan fingerprint density at radius 2 is 2.29 bits per heavy atom. The highest BCUT2D eigenvalue weighted by Gasteiger charge is 2.13. The second-order valence-electron chi connectivity index (χ2n) is 4.04. The summed E-state index contributed by atoms with van der Waals surface area (Å²) in [5.41, 5.74) is -0.799. The number of rotatable bonds is 5. The largest absolute Gasteiger partial charge is 0.487 e. The fraction of sp³-hybridized carbons (Fsp3) is 0.700. The van der Waals surface area contributed by atoms with Gasteiger partial charge < -0.3 is 9.84 Å². The molecule has 0 aromatic carbocycles. The van der Waals surface area contributed by atoms with Crippen LogP contribution in [0.2, 0.25) is 0 Å². The van der Waals surface area contributed by atoms with E-state index in [9.17, 15) is 5.11 Å². The van der Waals surface area contributed by atoms with Crippen molar-refractivity contribution >= 4 is 0 Å². The number of nitrogens with zero attached hydrogens (tertiary/aromatic N) is 2. The van der Waals surface area contributed by atoms with Crippen LogP contribution in [0.25, 0.3) is 0 Å². The lowest BCUT2D eigenvalue weighted by Crippen LogP contribution is -2.27. The first-order valence-electron chi connectivity index (χ1n) is 4.89. The van der Waals surface area contributed by atoms with Gasteiger partial charge in [-0.3, -0.25) is 4.68 Å². The lowest BCUT2D eigenvalue weighted by molar-refractivity contribution is 0.0284. The number of hydrogen-bond acceptors (Lipinski definition) is 3. The summed E-state index contributed by atoms with van der Waals surface area (Å²) in [6.45, 7) is 6.70. The van der Waals surface area contributed by atoms with Crippen molar-refractivity contribution in [1.29, 1.82) is 0 Å². The van der Waals surface area contributed by atoms with Crippen LogP contribution in [0.5, 0.6) is 5.75 Å². The predicted molar refractivity (Wildman–Crippen MR) is 54.3 cm³/mol. The van der Waals surface area contributed by atoms with Crippen LogP contribution >= 0.6 is 0 Å². The van der Waals surface area contributed by atoms with Crippen LogP contribution in [0.15, 0.2) is 12.4 Å². The van der Waals surface area contributed by atoms with Gasteiger partial charge in [0.15, 0.2) is 5.75 Å². The Labute approximate surface area is 84.5 Å². The summed E-state index contributed by atoms with van der Waals surface area (Å²) in [7, 11) is 0. The molecule has 0 amide bonds. The molecule has 0 aliphatic heterocycles. The van der Waals surface area contributed by atoms with E-state index >= 15 is 0 Å². The monoisotopic (exact) mass is 198 g/mol. The maximum absolute atomic E-state index is 9.44. The zero-order valence-electron chi connectivity index (χ0n) is 9.03. The van der Waals surface area contributed by atoms with Crippen LogP contribution in [-0.4, -0.2) is 27.1 Å². The molecule has 0 saturated carbocycles. The van der Waals surface area contributed by atoms with Gasteiger partial charge in [-0.1, -0.05) is 6.92 Å². The summed E-state index contributed by atoms with van der Waals surface area (Å²) in [6, 6.07) is 0. The van der Waals surface area contributed by atoms with Crippen LogP contribution in [0, 0.1) is 0 Å². The molecule has 0 bridgehead atoms. The van der Waals surface area contributed by atoms with Crippen molar-refractivity contribution in [2.75, 3.05) is 6.61 Å². The summed E-state index contributed by atoms with van der Waals surface area (Å²) in [5, 5.41) is 13.6. The van der Waals surface area contributed by atoms with Gasteiger partial charge in [0.25, 0.3) is 0 Å². The lowest BCUT2D eigenvalue weighted by Gasteiger charge is -2.16. The lowest BCUT2D eigenvalue weighted by atomic mass is 10.2. The number of hydrogen-bond donors (Lipinski definition) is 1. The first-order valence-corrected chi connectivity index (χ1v) is 4.89. The third-order valence-corrected chi connectivity index (χ3v) is 1.65. The van der Waals surface area contributed by atoms with Crippen LogP contribution in [0.3, 0.4) is 0 Å². The molecule has 0 fully saturated rings. The molecule has 80 valence electrons. The van der Waals surface area contributed by atoms with Crippen LogP contribution in [0.4, 0.5) is 0 Å². The van der Waals surface area contributed by atoms with E-state index < -0.39 is 5.60 Å². The van der Waals surface area contributed by atoms with Gasteiger partial charge in [0.1, 0.15) is 6.61 Å². The smallest absolute Gasteiger partial charge is 0.157 e. The third kappa shape index (κ3) is 3.79. The SMILES string of the molecule is CCCn1cc(OCC(C)(C)O)cn1. The minimum absolute atomic E-state index is 0.283. The van der Waals surface area contributed by atoms with E-state index in [1.165, 1.54) is 0 Å². The minimum Gasteiger partial charge on any atom is -0.487 e. The number of ether oxygens (including phenoxy) is 1. The molecule has 0 spiro atoms. The standard InChI is InChI=1S/C10H18N2O2/c1-4-5-12-7-9(6-11-12)14-8-10(2,3)13/h6-7,13H,4-5,8H2,1-3H3. The Morgan fingerprint density at radius 1 is 1.57 bits per heavy atom. The van der Waals surface area contributed by atoms with Crippen molar-refractivity contribution in [3.63, 3.8) is 0 Å². The molecule has 0 saturated heterocycles. The zero-order valence-corrected chi connectivity index (χ0v) is 9.03. The molecular formula is C10H18N2O2. The van der Waals surface area contributed by atoms with Crippen LogP contribution in [0.1, 0.15) is 27.2 Å². The first kappa shape index (κ1) is 11.0. The van der Waals surface area contributed by atoms with E-state index in [2.05, 4.69) is 12.0 Å². The van der Waals surface area contributed by atoms with Gasteiger partial charge >= 0.3 is 0 Å². The highest BCUT2D eigenvalue weighted by Crippen LogP contribution is 2.11. The van der Waals surface area contributed by atoms with E-state index in [4.69, 9.17) is 4.74 Å². The second-order valence-corrected chi connectivity index (χ2v) is 4.04. The first-order chi connectivity index (χ1) is 6.51. The number of aryl methyl sites for hydroxylation is 1. The normalized spacial score (nSPS) is 11.7. The molecule has 1 aromatic heterocycles. The summed E-state index contributed by atoms with van der Waals surface area (Å²) in [4.78, 5) is 0. The molecule has 0 atom stereocenters. The third-order valence-electron chi connectivity index (χ3n) is 1.65. The topological polar surface area (TPSA) is 47.3 Å². The molecule has 0 unspecified atom stereocenters. The van der Waals surface area contributed by atoms with E-state index in [1.807, 2.05) is 10.9 Å². The second kappa shape index (κ2) is 4.46. The van der Waals surface area contributed by atoms with Gasteiger partial charge in [-0.25, -0.2) is 0 Å². The Bertz CT molecular complexity index is 276. The molecule has 1 heterocycles. The maximum Gasteiger partial charge on any atom is 0.157 e.